The number of nitrogens with zero attached hydrogens (tertiary/aromatic N) is 3. The molecule has 44 heavy (non-hydrogen) atoms. The topological polar surface area (TPSA) is 126 Å². The van der Waals surface area contributed by atoms with Crippen molar-refractivity contribution in [1.29, 1.82) is 0 Å². The molecule has 1 fully saturated rings. The van der Waals surface area contributed by atoms with E-state index in [1.165, 1.54) is 7.11 Å². The van der Waals surface area contributed by atoms with Gasteiger partial charge in [0.15, 0.2) is 0 Å². The Morgan fingerprint density at radius 2 is 1.84 bits per heavy atom. The number of anilines is 4. The number of hydrogen-bond donors (Lipinski definition) is 3. The van der Waals surface area contributed by atoms with E-state index in [1.807, 2.05) is 13.0 Å². The van der Waals surface area contributed by atoms with Gasteiger partial charge in [0.2, 0.25) is 12.1 Å². The van der Waals surface area contributed by atoms with Crippen LogP contribution in [0.3, 0.4) is 0 Å². The summed E-state index contributed by atoms with van der Waals surface area (Å²) in [6.07, 6.45) is -0.315. The Labute approximate surface area is 253 Å². The van der Waals surface area contributed by atoms with Gasteiger partial charge < -0.3 is 25.0 Å². The summed E-state index contributed by atoms with van der Waals surface area (Å²) in [5.41, 5.74) is 2.23. The molecule has 10 nitrogen and oxygen atoms in total. The van der Waals surface area contributed by atoms with E-state index in [4.69, 9.17) is 9.47 Å². The minimum absolute atomic E-state index is 0.0810. The van der Waals surface area contributed by atoms with Crippen LogP contribution in [-0.4, -0.2) is 52.5 Å². The van der Waals surface area contributed by atoms with E-state index in [9.17, 15) is 27.4 Å². The highest BCUT2D eigenvalue weighted by atomic mass is 31.1. The molecule has 1 saturated carbocycles. The van der Waals surface area contributed by atoms with Crippen molar-refractivity contribution in [1.82, 2.24) is 14.9 Å². The highest BCUT2D eigenvalue weighted by Crippen LogP contribution is 2.43. The quantitative estimate of drug-likeness (QED) is 0.205. The maximum atomic E-state index is 14.1. The molecule has 0 radical (unpaired) electrons. The van der Waals surface area contributed by atoms with Crippen molar-refractivity contribution >= 4 is 37.1 Å². The number of ether oxygens (including phenoxy) is 2. The Balaban J connectivity index is 1.47. The number of benzene rings is 2. The molecule has 2 aromatic carbocycles. The van der Waals surface area contributed by atoms with Crippen LogP contribution in [0.4, 0.5) is 36.3 Å². The number of carbonyl (C=O) groups excluding carboxylic acids is 1. The third-order valence-electron chi connectivity index (χ3n) is 8.00. The van der Waals surface area contributed by atoms with Gasteiger partial charge in [-0.25, -0.2) is 4.98 Å². The summed E-state index contributed by atoms with van der Waals surface area (Å²) < 4.78 is 64.7. The Morgan fingerprint density at radius 1 is 1.11 bits per heavy atom. The maximum Gasteiger partial charge on any atom is 0.510 e. The van der Waals surface area contributed by atoms with Crippen LogP contribution in [0.2, 0.25) is 0 Å². The second-order valence-electron chi connectivity index (χ2n) is 10.9. The van der Waals surface area contributed by atoms with Gasteiger partial charge in [0.25, 0.3) is 5.91 Å². The SMILES string of the molecule is CCOC1CCC(c2ccc(Nc3nc(Nc4ccc(C[P+](=O)O)cc4OC)ncc3C(F)(F)F)c3c2CN(C)C3=O)CC1. The van der Waals surface area contributed by atoms with E-state index in [-0.39, 0.29) is 41.5 Å². The first-order valence-corrected chi connectivity index (χ1v) is 15.7. The second kappa shape index (κ2) is 13.1. The molecule has 2 aliphatic rings. The van der Waals surface area contributed by atoms with Crippen LogP contribution in [-0.2, 0) is 28.2 Å². The Kier molecular flexibility index (Phi) is 9.38. The summed E-state index contributed by atoms with van der Waals surface area (Å²) in [5.74, 6) is -0.425. The van der Waals surface area contributed by atoms with E-state index in [0.29, 0.717) is 36.2 Å². The van der Waals surface area contributed by atoms with Gasteiger partial charge in [0.05, 0.1) is 30.2 Å². The number of alkyl halides is 3. The lowest BCUT2D eigenvalue weighted by molar-refractivity contribution is -0.137. The minimum atomic E-state index is -4.77. The maximum absolute atomic E-state index is 14.1. The number of hydrogen-bond acceptors (Lipinski definition) is 8. The summed E-state index contributed by atoms with van der Waals surface area (Å²) in [6.45, 7) is 3.01. The van der Waals surface area contributed by atoms with Crippen molar-refractivity contribution in [3.63, 3.8) is 0 Å². The molecular formula is C30H34F3N5O5P+. The van der Waals surface area contributed by atoms with Crippen LogP contribution >= 0.6 is 8.03 Å². The van der Waals surface area contributed by atoms with Crippen LogP contribution in [0.25, 0.3) is 0 Å². The third-order valence-corrected chi connectivity index (χ3v) is 8.63. The molecule has 3 N–H and O–H groups in total. The fourth-order valence-corrected chi connectivity index (χ4v) is 6.44. The third kappa shape index (κ3) is 6.80. The summed E-state index contributed by atoms with van der Waals surface area (Å²) in [7, 11) is 0.658. The molecule has 1 amide bonds. The molecule has 1 unspecified atom stereocenters. The standard InChI is InChI=1S/C30H33F3N5O5P/c1-4-43-19-8-6-18(7-9-19)20-10-12-24(26-21(20)15-38(2)28(26)39)35-27-22(30(31,32)33)14-34-29(37-27)36-23-11-5-17(16-44(40)41)13-25(23)42-3/h5,10-14,18-19H,4,6-9,15-16H2,1-3H3,(H2-,34,35,36,37,39,40,41)/p+1. The molecule has 0 bridgehead atoms. The van der Waals surface area contributed by atoms with Crippen molar-refractivity contribution in [2.24, 2.45) is 0 Å². The number of amides is 1. The van der Waals surface area contributed by atoms with E-state index < -0.39 is 25.6 Å². The zero-order valence-electron chi connectivity index (χ0n) is 24.6. The largest absolute Gasteiger partial charge is 0.510 e. The van der Waals surface area contributed by atoms with Gasteiger partial charge in [-0.15, -0.1) is 0 Å². The van der Waals surface area contributed by atoms with Crippen molar-refractivity contribution in [3.8, 4) is 5.75 Å². The molecule has 1 aliphatic heterocycles. The lowest BCUT2D eigenvalue weighted by Gasteiger charge is -2.30. The van der Waals surface area contributed by atoms with Crippen molar-refractivity contribution in [2.45, 2.75) is 63.5 Å². The van der Waals surface area contributed by atoms with Crippen LogP contribution in [0, 0.1) is 0 Å². The first kappa shape index (κ1) is 31.6. The highest BCUT2D eigenvalue weighted by molar-refractivity contribution is 7.37. The summed E-state index contributed by atoms with van der Waals surface area (Å²) >= 11 is 0. The van der Waals surface area contributed by atoms with Gasteiger partial charge in [0, 0.05) is 32.0 Å². The zero-order valence-corrected chi connectivity index (χ0v) is 25.5. The molecule has 234 valence electrons. The number of nitrogens with one attached hydrogen (secondary N) is 2. The molecule has 1 aliphatic carbocycles. The Bertz CT molecular complexity index is 1560. The number of carbonyl (C=O) groups is 1. The average molecular weight is 633 g/mol. The first-order valence-electron chi connectivity index (χ1n) is 14.3. The van der Waals surface area contributed by atoms with Crippen LogP contribution in [0.15, 0.2) is 36.5 Å². The molecular weight excluding hydrogens is 598 g/mol. The zero-order chi connectivity index (χ0) is 31.6. The Hall–Kier alpha value is -3.80. The fraction of sp³-hybridized carbons (Fsp3) is 0.433. The molecule has 0 saturated heterocycles. The average Bonchev–Trinajstić information content (AvgIpc) is 3.28. The lowest BCUT2D eigenvalue weighted by Crippen LogP contribution is -2.21. The number of aromatic nitrogens is 2. The minimum Gasteiger partial charge on any atom is -0.495 e. The van der Waals surface area contributed by atoms with E-state index in [0.717, 1.165) is 36.8 Å². The first-order chi connectivity index (χ1) is 21.0. The van der Waals surface area contributed by atoms with Gasteiger partial charge >= 0.3 is 14.2 Å². The van der Waals surface area contributed by atoms with Crippen molar-refractivity contribution < 1.29 is 36.9 Å². The van der Waals surface area contributed by atoms with Gasteiger partial charge in [0.1, 0.15) is 17.1 Å². The lowest BCUT2D eigenvalue weighted by atomic mass is 9.80. The van der Waals surface area contributed by atoms with Crippen molar-refractivity contribution in [3.05, 3.63) is 64.3 Å². The van der Waals surface area contributed by atoms with E-state index >= 15 is 0 Å². The second-order valence-corrected chi connectivity index (χ2v) is 11.9. The van der Waals surface area contributed by atoms with Crippen LogP contribution < -0.4 is 15.4 Å². The van der Waals surface area contributed by atoms with Gasteiger partial charge in [-0.2, -0.15) is 23.0 Å². The molecule has 1 aromatic heterocycles. The normalized spacial score (nSPS) is 18.7. The number of fused-ring (bicyclic) bond motifs is 1. The predicted molar refractivity (Wildman–Crippen MR) is 159 cm³/mol. The van der Waals surface area contributed by atoms with Crippen LogP contribution in [0.5, 0.6) is 5.75 Å². The summed E-state index contributed by atoms with van der Waals surface area (Å²) in [6, 6.07) is 8.25. The number of halogens is 3. The van der Waals surface area contributed by atoms with E-state index in [1.54, 1.807) is 36.2 Å². The monoisotopic (exact) mass is 632 g/mol. The fourth-order valence-electron chi connectivity index (χ4n) is 5.93. The molecule has 2 heterocycles. The number of rotatable bonds is 10. The van der Waals surface area contributed by atoms with Gasteiger partial charge in [-0.3, -0.25) is 4.79 Å². The molecule has 5 rings (SSSR count). The molecule has 3 aromatic rings. The molecule has 1 atom stereocenters. The summed E-state index contributed by atoms with van der Waals surface area (Å²) in [4.78, 5) is 32.1. The van der Waals surface area contributed by atoms with E-state index in [2.05, 4.69) is 20.6 Å². The van der Waals surface area contributed by atoms with Gasteiger partial charge in [-0.1, -0.05) is 12.1 Å². The smallest absolute Gasteiger partial charge is 0.495 e. The molecule has 14 heteroatoms. The molecule has 0 spiro atoms. The Morgan fingerprint density at radius 3 is 2.50 bits per heavy atom. The highest BCUT2D eigenvalue weighted by Gasteiger charge is 2.37. The number of methoxy groups -OCH3 is 1. The van der Waals surface area contributed by atoms with Crippen LogP contribution in [0.1, 0.15) is 71.1 Å². The van der Waals surface area contributed by atoms with Gasteiger partial charge in [-0.05, 0) is 72.4 Å². The van der Waals surface area contributed by atoms with Crippen molar-refractivity contribution in [2.75, 3.05) is 31.4 Å². The summed E-state index contributed by atoms with van der Waals surface area (Å²) in [5, 5.41) is 5.67. The predicted octanol–water partition coefficient (Wildman–Crippen LogP) is 6.87.